The van der Waals surface area contributed by atoms with Crippen molar-refractivity contribution in [2.45, 2.75) is 51.2 Å². The first-order valence-electron chi connectivity index (χ1n) is 8.23. The number of hydrogen-bond acceptors (Lipinski definition) is 4. The van der Waals surface area contributed by atoms with E-state index in [4.69, 9.17) is 8.83 Å². The Balaban J connectivity index is 1.77. The molecule has 1 saturated heterocycles. The molecule has 1 N–H and O–H groups in total. The summed E-state index contributed by atoms with van der Waals surface area (Å²) >= 11 is 0. The van der Waals surface area contributed by atoms with Crippen LogP contribution in [0.1, 0.15) is 60.1 Å². The number of aryl methyl sites for hydroxylation is 1. The number of aliphatic hydroxyl groups excluding tert-OH is 1. The summed E-state index contributed by atoms with van der Waals surface area (Å²) in [4.78, 5) is 14.7. The molecule has 0 bridgehead atoms. The molecule has 1 aliphatic heterocycles. The van der Waals surface area contributed by atoms with Gasteiger partial charge in [-0.1, -0.05) is 12.8 Å². The lowest BCUT2D eigenvalue weighted by Crippen LogP contribution is -2.41. The minimum Gasteiger partial charge on any atom is -0.467 e. The van der Waals surface area contributed by atoms with Gasteiger partial charge in [0.1, 0.15) is 11.9 Å². The van der Waals surface area contributed by atoms with Gasteiger partial charge in [0.2, 0.25) is 0 Å². The minimum absolute atomic E-state index is 0.00500. The average molecular weight is 317 g/mol. The van der Waals surface area contributed by atoms with Gasteiger partial charge in [0, 0.05) is 24.6 Å². The van der Waals surface area contributed by atoms with Crippen LogP contribution < -0.4 is 0 Å². The Morgan fingerprint density at radius 1 is 1.30 bits per heavy atom. The number of nitrogens with zero attached hydrogens (tertiary/aromatic N) is 1. The van der Waals surface area contributed by atoms with Crippen molar-refractivity contribution in [2.75, 3.05) is 6.54 Å². The molecule has 0 unspecified atom stereocenters. The zero-order valence-electron chi connectivity index (χ0n) is 13.4. The van der Waals surface area contributed by atoms with E-state index in [1.165, 1.54) is 0 Å². The molecule has 1 amide bonds. The van der Waals surface area contributed by atoms with Crippen LogP contribution in [0.4, 0.5) is 0 Å². The first kappa shape index (κ1) is 15.9. The molecule has 0 radical (unpaired) electrons. The number of furan rings is 2. The molecule has 2 atom stereocenters. The topological polar surface area (TPSA) is 66.8 Å². The second-order valence-electron chi connectivity index (χ2n) is 6.20. The molecule has 0 saturated carbocycles. The summed E-state index contributed by atoms with van der Waals surface area (Å²) in [5.74, 6) is 0.881. The standard InChI is InChI=1S/C18H23NO4/c1-13-8-11-23-17(13)18(21)19-9-4-2-3-6-14(19)12-15(20)16-7-5-10-22-16/h5,7-8,10-11,14-15,20H,2-4,6,9,12H2,1H3/t14-,15+/m1/s1. The average Bonchev–Trinajstić information content (AvgIpc) is 3.16. The van der Waals surface area contributed by atoms with Gasteiger partial charge in [-0.05, 0) is 38.0 Å². The van der Waals surface area contributed by atoms with Crippen LogP contribution in [0.2, 0.25) is 0 Å². The van der Waals surface area contributed by atoms with Crippen LogP contribution in [0.15, 0.2) is 39.6 Å². The number of hydrogen-bond donors (Lipinski definition) is 1. The van der Waals surface area contributed by atoms with Crippen LogP contribution in [0, 0.1) is 6.92 Å². The number of rotatable bonds is 4. The van der Waals surface area contributed by atoms with Crippen LogP contribution in [-0.4, -0.2) is 28.5 Å². The van der Waals surface area contributed by atoms with Crippen molar-refractivity contribution in [2.24, 2.45) is 0 Å². The maximum atomic E-state index is 12.8. The lowest BCUT2D eigenvalue weighted by Gasteiger charge is -2.30. The van der Waals surface area contributed by atoms with Crippen LogP contribution in [0.3, 0.4) is 0 Å². The number of amides is 1. The number of likely N-dealkylation sites (tertiary alicyclic amines) is 1. The van der Waals surface area contributed by atoms with Crippen molar-refractivity contribution in [1.29, 1.82) is 0 Å². The SMILES string of the molecule is Cc1ccoc1C(=O)N1CCCCC[C@@H]1C[C@H](O)c1ccco1. The van der Waals surface area contributed by atoms with Gasteiger partial charge in [0.15, 0.2) is 5.76 Å². The summed E-state index contributed by atoms with van der Waals surface area (Å²) in [7, 11) is 0. The van der Waals surface area contributed by atoms with Crippen molar-refractivity contribution < 1.29 is 18.7 Å². The molecule has 124 valence electrons. The van der Waals surface area contributed by atoms with Crippen molar-refractivity contribution in [3.8, 4) is 0 Å². The van der Waals surface area contributed by atoms with Crippen LogP contribution in [0.5, 0.6) is 0 Å². The van der Waals surface area contributed by atoms with E-state index in [1.807, 2.05) is 11.8 Å². The highest BCUT2D eigenvalue weighted by atomic mass is 16.4. The predicted octanol–water partition coefficient (Wildman–Crippen LogP) is 3.69. The van der Waals surface area contributed by atoms with E-state index in [0.29, 0.717) is 24.5 Å². The second kappa shape index (κ2) is 7.04. The van der Waals surface area contributed by atoms with Crippen molar-refractivity contribution in [1.82, 2.24) is 4.90 Å². The van der Waals surface area contributed by atoms with E-state index < -0.39 is 6.10 Å². The van der Waals surface area contributed by atoms with Gasteiger partial charge in [-0.3, -0.25) is 4.79 Å². The fraction of sp³-hybridized carbons (Fsp3) is 0.500. The zero-order chi connectivity index (χ0) is 16.2. The molecule has 0 spiro atoms. The van der Waals surface area contributed by atoms with E-state index in [9.17, 15) is 9.90 Å². The van der Waals surface area contributed by atoms with Crippen molar-refractivity contribution in [3.63, 3.8) is 0 Å². The van der Waals surface area contributed by atoms with Gasteiger partial charge in [-0.2, -0.15) is 0 Å². The fourth-order valence-electron chi connectivity index (χ4n) is 3.27. The molecule has 0 aliphatic carbocycles. The number of aliphatic hydroxyl groups is 1. The van der Waals surface area contributed by atoms with Gasteiger partial charge in [-0.25, -0.2) is 0 Å². The third-order valence-electron chi connectivity index (χ3n) is 4.56. The lowest BCUT2D eigenvalue weighted by atomic mass is 10.0. The van der Waals surface area contributed by atoms with Gasteiger partial charge in [0.25, 0.3) is 5.91 Å². The van der Waals surface area contributed by atoms with E-state index >= 15 is 0 Å². The Bertz CT molecular complexity index is 631. The third kappa shape index (κ3) is 3.50. The highest BCUT2D eigenvalue weighted by Crippen LogP contribution is 2.28. The highest BCUT2D eigenvalue weighted by molar-refractivity contribution is 5.93. The molecule has 1 aliphatic rings. The second-order valence-corrected chi connectivity index (χ2v) is 6.20. The lowest BCUT2D eigenvalue weighted by molar-refractivity contribution is 0.0528. The quantitative estimate of drug-likeness (QED) is 0.934. The van der Waals surface area contributed by atoms with Crippen LogP contribution in [-0.2, 0) is 0 Å². The Morgan fingerprint density at radius 3 is 2.87 bits per heavy atom. The Kier molecular flexibility index (Phi) is 4.86. The first-order valence-corrected chi connectivity index (χ1v) is 8.23. The summed E-state index contributed by atoms with van der Waals surface area (Å²) in [5, 5.41) is 10.4. The van der Waals surface area contributed by atoms with Crippen molar-refractivity contribution in [3.05, 3.63) is 47.8 Å². The minimum atomic E-state index is -0.693. The van der Waals surface area contributed by atoms with Gasteiger partial charge >= 0.3 is 0 Å². The third-order valence-corrected chi connectivity index (χ3v) is 4.56. The van der Waals surface area contributed by atoms with Gasteiger partial charge in [0.05, 0.1) is 12.5 Å². The van der Waals surface area contributed by atoms with E-state index in [-0.39, 0.29) is 11.9 Å². The molecular formula is C18H23NO4. The largest absolute Gasteiger partial charge is 0.467 e. The summed E-state index contributed by atoms with van der Waals surface area (Å²) in [6.07, 6.45) is 6.95. The molecular weight excluding hydrogens is 294 g/mol. The van der Waals surface area contributed by atoms with E-state index in [2.05, 4.69) is 0 Å². The van der Waals surface area contributed by atoms with Crippen LogP contribution >= 0.6 is 0 Å². The molecule has 3 heterocycles. The summed E-state index contributed by atoms with van der Waals surface area (Å²) in [6, 6.07) is 5.33. The monoisotopic (exact) mass is 317 g/mol. The maximum absolute atomic E-state index is 12.8. The molecule has 3 rings (SSSR count). The molecule has 1 fully saturated rings. The van der Waals surface area contributed by atoms with Crippen LogP contribution in [0.25, 0.3) is 0 Å². The smallest absolute Gasteiger partial charge is 0.290 e. The Hall–Kier alpha value is -2.01. The predicted molar refractivity (Wildman–Crippen MR) is 85.0 cm³/mol. The molecule has 0 aromatic carbocycles. The molecule has 2 aromatic heterocycles. The van der Waals surface area contributed by atoms with Gasteiger partial charge < -0.3 is 18.8 Å². The normalized spacial score (nSPS) is 20.3. The fourth-order valence-corrected chi connectivity index (χ4v) is 3.27. The molecule has 5 nitrogen and oxygen atoms in total. The molecule has 2 aromatic rings. The maximum Gasteiger partial charge on any atom is 0.290 e. The first-order chi connectivity index (χ1) is 11.2. The van der Waals surface area contributed by atoms with Gasteiger partial charge in [-0.15, -0.1) is 0 Å². The summed E-state index contributed by atoms with van der Waals surface area (Å²) < 4.78 is 10.7. The summed E-state index contributed by atoms with van der Waals surface area (Å²) in [6.45, 7) is 2.58. The van der Waals surface area contributed by atoms with Crippen molar-refractivity contribution >= 4 is 5.91 Å². The van der Waals surface area contributed by atoms with E-state index in [0.717, 1.165) is 31.2 Å². The Morgan fingerprint density at radius 2 is 2.17 bits per heavy atom. The van der Waals surface area contributed by atoms with E-state index in [1.54, 1.807) is 30.7 Å². The number of carbonyl (C=O) groups is 1. The Labute approximate surface area is 135 Å². The number of carbonyl (C=O) groups excluding carboxylic acids is 1. The highest BCUT2D eigenvalue weighted by Gasteiger charge is 2.31. The molecule has 5 heteroatoms. The zero-order valence-corrected chi connectivity index (χ0v) is 13.4. The summed E-state index contributed by atoms with van der Waals surface area (Å²) in [5.41, 5.74) is 0.851. The molecule has 23 heavy (non-hydrogen) atoms.